The summed E-state index contributed by atoms with van der Waals surface area (Å²) in [6.45, 7) is 1.24. The fraction of sp³-hybridized carbons (Fsp3) is 0.562. The van der Waals surface area contributed by atoms with Crippen molar-refractivity contribution in [3.8, 4) is 0 Å². The summed E-state index contributed by atoms with van der Waals surface area (Å²) in [4.78, 5) is 13.5. The summed E-state index contributed by atoms with van der Waals surface area (Å²) >= 11 is 5.93. The molecule has 0 fully saturated rings. The first-order valence-corrected chi connectivity index (χ1v) is 9.93. The Kier molecular flexibility index (Phi) is 7.88. The summed E-state index contributed by atoms with van der Waals surface area (Å²) in [6.07, 6.45) is -4.60. The van der Waals surface area contributed by atoms with Crippen LogP contribution in [0.2, 0.25) is 5.02 Å². The Morgan fingerprint density at radius 1 is 1.21 bits per heavy atom. The van der Waals surface area contributed by atoms with E-state index >= 15 is 0 Å². The Hall–Kier alpha value is -1.40. The zero-order chi connectivity index (χ0) is 21.9. The van der Waals surface area contributed by atoms with Gasteiger partial charge in [-0.25, -0.2) is 12.7 Å². The number of aliphatic hydroxyl groups is 1. The summed E-state index contributed by atoms with van der Waals surface area (Å²) in [5.74, 6) is -1.74. The number of amides is 1. The third-order valence-electron chi connectivity index (χ3n) is 3.97. The molecule has 1 atom stereocenters. The molecule has 0 aliphatic heterocycles. The van der Waals surface area contributed by atoms with Gasteiger partial charge in [0.15, 0.2) is 0 Å². The molecule has 0 aliphatic carbocycles. The SMILES string of the molecule is CN(C)CCCN(C)S(=O)(=O)c1ccc(NC(=O)C(C)(O)C(F)(F)F)c(Cl)c1. The van der Waals surface area contributed by atoms with Crippen LogP contribution in [0.25, 0.3) is 0 Å². The average Bonchev–Trinajstić information content (AvgIpc) is 2.54. The topological polar surface area (TPSA) is 90.0 Å². The number of nitrogens with one attached hydrogen (secondary N) is 1. The number of rotatable bonds is 8. The van der Waals surface area contributed by atoms with Gasteiger partial charge < -0.3 is 15.3 Å². The van der Waals surface area contributed by atoms with Crippen LogP contribution in [0.5, 0.6) is 0 Å². The highest BCUT2D eigenvalue weighted by Gasteiger charge is 2.55. The van der Waals surface area contributed by atoms with Gasteiger partial charge in [-0.05, 0) is 52.2 Å². The third-order valence-corrected chi connectivity index (χ3v) is 6.13. The van der Waals surface area contributed by atoms with Crippen molar-refractivity contribution in [2.24, 2.45) is 0 Å². The van der Waals surface area contributed by atoms with Gasteiger partial charge in [0.05, 0.1) is 15.6 Å². The van der Waals surface area contributed by atoms with Crippen LogP contribution < -0.4 is 5.32 Å². The number of alkyl halides is 3. The number of anilines is 1. The van der Waals surface area contributed by atoms with Crippen molar-refractivity contribution in [2.75, 3.05) is 39.5 Å². The minimum absolute atomic E-state index is 0.176. The zero-order valence-corrected chi connectivity index (χ0v) is 17.4. The maximum Gasteiger partial charge on any atom is 0.426 e. The average molecular weight is 446 g/mol. The van der Waals surface area contributed by atoms with Gasteiger partial charge in [0, 0.05) is 13.6 Å². The highest BCUT2D eigenvalue weighted by atomic mass is 35.5. The van der Waals surface area contributed by atoms with E-state index in [1.165, 1.54) is 7.05 Å². The molecule has 12 heteroatoms. The van der Waals surface area contributed by atoms with E-state index < -0.39 is 27.7 Å². The van der Waals surface area contributed by atoms with Gasteiger partial charge >= 0.3 is 6.18 Å². The lowest BCUT2D eigenvalue weighted by Crippen LogP contribution is -2.52. The van der Waals surface area contributed by atoms with Crippen molar-refractivity contribution >= 4 is 33.2 Å². The molecule has 1 rings (SSSR count). The second-order valence-electron chi connectivity index (χ2n) is 6.65. The number of hydrogen-bond donors (Lipinski definition) is 2. The maximum absolute atomic E-state index is 12.7. The van der Waals surface area contributed by atoms with Crippen molar-refractivity contribution in [2.45, 2.75) is 30.0 Å². The van der Waals surface area contributed by atoms with Crippen molar-refractivity contribution < 1.29 is 31.5 Å². The van der Waals surface area contributed by atoms with E-state index in [9.17, 15) is 31.5 Å². The van der Waals surface area contributed by atoms with Crippen molar-refractivity contribution in [3.05, 3.63) is 23.2 Å². The monoisotopic (exact) mass is 445 g/mol. The number of sulfonamides is 1. The zero-order valence-electron chi connectivity index (χ0n) is 15.8. The van der Waals surface area contributed by atoms with Crippen molar-refractivity contribution in [3.63, 3.8) is 0 Å². The van der Waals surface area contributed by atoms with Gasteiger partial charge in [-0.2, -0.15) is 13.2 Å². The summed E-state index contributed by atoms with van der Waals surface area (Å²) in [5, 5.41) is 10.9. The van der Waals surface area contributed by atoms with E-state index in [0.717, 1.165) is 22.5 Å². The first-order valence-electron chi connectivity index (χ1n) is 8.12. The van der Waals surface area contributed by atoms with E-state index in [1.807, 2.05) is 24.3 Å². The predicted molar refractivity (Wildman–Crippen MR) is 99.7 cm³/mol. The molecule has 0 bridgehead atoms. The van der Waals surface area contributed by atoms with Gasteiger partial charge in [-0.1, -0.05) is 11.6 Å². The van der Waals surface area contributed by atoms with Gasteiger partial charge in [0.1, 0.15) is 0 Å². The Morgan fingerprint density at radius 2 is 1.79 bits per heavy atom. The Bertz CT molecular complexity index is 814. The molecule has 0 aromatic heterocycles. The molecule has 28 heavy (non-hydrogen) atoms. The van der Waals surface area contributed by atoms with Gasteiger partial charge in [-0.3, -0.25) is 4.79 Å². The van der Waals surface area contributed by atoms with Gasteiger partial charge in [0.2, 0.25) is 15.6 Å². The second kappa shape index (κ2) is 8.95. The van der Waals surface area contributed by atoms with Crippen LogP contribution in [-0.4, -0.2) is 74.6 Å². The minimum Gasteiger partial charge on any atom is -0.373 e. The smallest absolute Gasteiger partial charge is 0.373 e. The fourth-order valence-corrected chi connectivity index (χ4v) is 3.57. The molecular formula is C16H23ClF3N3O4S. The molecular weight excluding hydrogens is 423 g/mol. The number of nitrogens with zero attached hydrogens (tertiary/aromatic N) is 2. The van der Waals surface area contributed by atoms with Crippen molar-refractivity contribution in [1.82, 2.24) is 9.21 Å². The molecule has 0 radical (unpaired) electrons. The molecule has 0 saturated heterocycles. The Morgan fingerprint density at radius 3 is 2.25 bits per heavy atom. The predicted octanol–water partition coefficient (Wildman–Crippen LogP) is 2.16. The van der Waals surface area contributed by atoms with Crippen LogP contribution in [0.15, 0.2) is 23.1 Å². The van der Waals surface area contributed by atoms with Crippen LogP contribution in [0.1, 0.15) is 13.3 Å². The van der Waals surface area contributed by atoms with Crippen molar-refractivity contribution in [1.29, 1.82) is 0 Å². The summed E-state index contributed by atoms with van der Waals surface area (Å²) < 4.78 is 64.4. The van der Waals surface area contributed by atoms with Crippen LogP contribution >= 0.6 is 11.6 Å². The maximum atomic E-state index is 12.7. The second-order valence-corrected chi connectivity index (χ2v) is 9.10. The molecule has 160 valence electrons. The summed E-state index contributed by atoms with van der Waals surface area (Å²) in [7, 11) is 1.25. The van der Waals surface area contributed by atoms with E-state index in [-0.39, 0.29) is 22.2 Å². The molecule has 0 heterocycles. The molecule has 1 amide bonds. The first kappa shape index (κ1) is 24.6. The Labute approximate surface area is 167 Å². The fourth-order valence-electron chi connectivity index (χ4n) is 2.04. The molecule has 7 nitrogen and oxygen atoms in total. The lowest BCUT2D eigenvalue weighted by Gasteiger charge is -2.25. The van der Waals surface area contributed by atoms with Gasteiger partial charge in [0.25, 0.3) is 5.91 Å². The lowest BCUT2D eigenvalue weighted by atomic mass is 10.1. The van der Waals surface area contributed by atoms with Crippen LogP contribution in [-0.2, 0) is 14.8 Å². The van der Waals surface area contributed by atoms with E-state index in [4.69, 9.17) is 11.6 Å². The molecule has 1 unspecified atom stereocenters. The van der Waals surface area contributed by atoms with Crippen LogP contribution in [0, 0.1) is 0 Å². The lowest BCUT2D eigenvalue weighted by molar-refractivity contribution is -0.242. The normalized spacial score (nSPS) is 15.0. The van der Waals surface area contributed by atoms with Crippen LogP contribution in [0.3, 0.4) is 0 Å². The van der Waals surface area contributed by atoms with E-state index in [0.29, 0.717) is 19.9 Å². The molecule has 1 aromatic rings. The quantitative estimate of drug-likeness (QED) is 0.640. The number of carbonyl (C=O) groups excluding carboxylic acids is 1. The standard InChI is InChI=1S/C16H23ClF3N3O4S/c1-15(25,16(18,19)20)14(24)21-13-7-6-11(10-12(13)17)28(26,27)23(4)9-5-8-22(2)3/h6-7,10,25H,5,8-9H2,1-4H3,(H,21,24). The van der Waals surface area contributed by atoms with Crippen LogP contribution in [0.4, 0.5) is 18.9 Å². The summed E-state index contributed by atoms with van der Waals surface area (Å²) in [5.41, 5.74) is -3.89. The molecule has 0 saturated carbocycles. The number of benzene rings is 1. The summed E-state index contributed by atoms with van der Waals surface area (Å²) in [6, 6.07) is 3.20. The molecule has 0 spiro atoms. The number of halogens is 4. The van der Waals surface area contributed by atoms with E-state index in [2.05, 4.69) is 0 Å². The number of carbonyl (C=O) groups is 1. The molecule has 1 aromatic carbocycles. The molecule has 0 aliphatic rings. The minimum atomic E-state index is -5.19. The largest absolute Gasteiger partial charge is 0.426 e. The first-order chi connectivity index (χ1) is 12.6. The highest BCUT2D eigenvalue weighted by molar-refractivity contribution is 7.89. The highest BCUT2D eigenvalue weighted by Crippen LogP contribution is 2.33. The Balaban J connectivity index is 2.99. The molecule has 2 N–H and O–H groups in total. The van der Waals surface area contributed by atoms with Gasteiger partial charge in [-0.15, -0.1) is 0 Å². The third kappa shape index (κ3) is 5.80. The van der Waals surface area contributed by atoms with E-state index in [1.54, 1.807) is 0 Å². The number of hydrogen-bond acceptors (Lipinski definition) is 5.